The number of pyridine rings is 1. The van der Waals surface area contributed by atoms with E-state index in [1.54, 1.807) is 13.1 Å². The van der Waals surface area contributed by atoms with Crippen molar-refractivity contribution < 1.29 is 9.53 Å². The lowest BCUT2D eigenvalue weighted by molar-refractivity contribution is -0.121. The van der Waals surface area contributed by atoms with Gasteiger partial charge in [-0.2, -0.15) is 4.98 Å². The Labute approximate surface area is 189 Å². The average molecular weight is 482 g/mol. The lowest BCUT2D eigenvalue weighted by Gasteiger charge is -2.39. The number of halogens is 1. The topological polar surface area (TPSA) is 71.5 Å². The Hall–Kier alpha value is -2.74. The van der Waals surface area contributed by atoms with Crippen LogP contribution in [0.4, 0.5) is 11.8 Å². The van der Waals surface area contributed by atoms with Gasteiger partial charge in [0.25, 0.3) is 0 Å². The van der Waals surface area contributed by atoms with Crippen LogP contribution >= 0.6 is 15.9 Å². The predicted octanol–water partition coefficient (Wildman–Crippen LogP) is 3.86. The fourth-order valence-electron chi connectivity index (χ4n) is 4.15. The van der Waals surface area contributed by atoms with Crippen LogP contribution in [0.5, 0.6) is 5.88 Å². The Bertz CT molecular complexity index is 1110. The van der Waals surface area contributed by atoms with E-state index >= 15 is 0 Å². The molecule has 2 aromatic heterocycles. The number of piperidine rings is 1. The fourth-order valence-corrected chi connectivity index (χ4v) is 4.44. The molecule has 0 N–H and O–H groups in total. The number of hydrogen-bond donors (Lipinski definition) is 0. The summed E-state index contributed by atoms with van der Waals surface area (Å²) < 4.78 is 6.91. The number of anilines is 2. The standard InChI is InChI=1S/C23H24BrN5O2/c1-15(30)16-8-10-28(11-9-16)23-25-12-19(24)22(27-23)31-18-13-29(14-18)21-7-6-17-4-2-3-5-20(17)26-21/h2-7,12,16,18H,8-11,13-14H2,1H3. The van der Waals surface area contributed by atoms with Crippen LogP contribution in [-0.4, -0.2) is 53.0 Å². The maximum Gasteiger partial charge on any atom is 0.233 e. The molecule has 0 atom stereocenters. The van der Waals surface area contributed by atoms with E-state index in [2.05, 4.69) is 53.9 Å². The first-order chi connectivity index (χ1) is 15.1. The fraction of sp³-hybridized carbons (Fsp3) is 0.391. The minimum absolute atomic E-state index is 0.0516. The lowest BCUT2D eigenvalue weighted by Crippen LogP contribution is -2.54. The molecule has 0 saturated carbocycles. The number of para-hydroxylation sites is 1. The molecule has 0 bridgehead atoms. The zero-order valence-corrected chi connectivity index (χ0v) is 19.0. The van der Waals surface area contributed by atoms with Gasteiger partial charge in [-0.15, -0.1) is 0 Å². The van der Waals surface area contributed by atoms with Crippen molar-refractivity contribution in [1.82, 2.24) is 15.0 Å². The number of hydrogen-bond acceptors (Lipinski definition) is 7. The van der Waals surface area contributed by atoms with E-state index in [0.717, 1.165) is 60.2 Å². The van der Waals surface area contributed by atoms with Crippen LogP contribution in [-0.2, 0) is 4.79 Å². The molecule has 0 spiro atoms. The van der Waals surface area contributed by atoms with Gasteiger partial charge in [-0.3, -0.25) is 4.79 Å². The molecule has 0 aliphatic carbocycles. The number of nitrogens with zero attached hydrogens (tertiary/aromatic N) is 5. The molecule has 0 unspecified atom stereocenters. The SMILES string of the molecule is CC(=O)C1CCN(c2ncc(Br)c(OC3CN(c4ccc5ccccc5n4)C3)n2)CC1. The molecule has 1 aromatic carbocycles. The lowest BCUT2D eigenvalue weighted by atomic mass is 9.93. The highest BCUT2D eigenvalue weighted by Crippen LogP contribution is 2.30. The molecule has 0 radical (unpaired) electrons. The summed E-state index contributed by atoms with van der Waals surface area (Å²) in [5.41, 5.74) is 1.00. The van der Waals surface area contributed by atoms with Crippen LogP contribution < -0.4 is 14.5 Å². The van der Waals surface area contributed by atoms with Crippen LogP contribution in [0.15, 0.2) is 47.1 Å². The van der Waals surface area contributed by atoms with Crippen molar-refractivity contribution >= 4 is 44.4 Å². The number of rotatable bonds is 5. The van der Waals surface area contributed by atoms with Crippen LogP contribution in [0.2, 0.25) is 0 Å². The minimum Gasteiger partial charge on any atom is -0.470 e. The number of ether oxygens (including phenoxy) is 1. The molecular weight excluding hydrogens is 458 g/mol. The molecule has 2 aliphatic heterocycles. The van der Waals surface area contributed by atoms with E-state index in [4.69, 9.17) is 9.72 Å². The van der Waals surface area contributed by atoms with Crippen molar-refractivity contribution in [1.29, 1.82) is 0 Å². The van der Waals surface area contributed by atoms with Gasteiger partial charge >= 0.3 is 0 Å². The molecule has 2 aliphatic rings. The van der Waals surface area contributed by atoms with Gasteiger partial charge in [0.05, 0.1) is 29.3 Å². The van der Waals surface area contributed by atoms with E-state index in [1.807, 2.05) is 18.2 Å². The zero-order chi connectivity index (χ0) is 21.4. The van der Waals surface area contributed by atoms with Crippen LogP contribution in [0, 0.1) is 5.92 Å². The number of aromatic nitrogens is 3. The Balaban J connectivity index is 1.22. The Morgan fingerprint density at radius 1 is 1.06 bits per heavy atom. The molecule has 3 aromatic rings. The number of ketones is 1. The predicted molar refractivity (Wildman–Crippen MR) is 124 cm³/mol. The number of carbonyl (C=O) groups is 1. The second kappa shape index (κ2) is 8.42. The second-order valence-corrected chi connectivity index (χ2v) is 9.06. The summed E-state index contributed by atoms with van der Waals surface area (Å²) in [7, 11) is 0. The maximum absolute atomic E-state index is 11.6. The summed E-state index contributed by atoms with van der Waals surface area (Å²) in [4.78, 5) is 29.8. The molecule has 5 rings (SSSR count). The number of benzene rings is 1. The Morgan fingerprint density at radius 3 is 2.61 bits per heavy atom. The monoisotopic (exact) mass is 481 g/mol. The van der Waals surface area contributed by atoms with Gasteiger partial charge in [0.1, 0.15) is 17.7 Å². The third-order valence-electron chi connectivity index (χ3n) is 6.09. The summed E-state index contributed by atoms with van der Waals surface area (Å²) >= 11 is 3.51. The van der Waals surface area contributed by atoms with Gasteiger partial charge in [0.15, 0.2) is 0 Å². The number of carbonyl (C=O) groups excluding carboxylic acids is 1. The van der Waals surface area contributed by atoms with Crippen molar-refractivity contribution in [3.8, 4) is 5.88 Å². The molecule has 2 fully saturated rings. The minimum atomic E-state index is 0.0516. The van der Waals surface area contributed by atoms with Crippen molar-refractivity contribution in [3.05, 3.63) is 47.1 Å². The van der Waals surface area contributed by atoms with Gasteiger partial charge in [0.2, 0.25) is 11.8 Å². The van der Waals surface area contributed by atoms with Crippen molar-refractivity contribution in [2.75, 3.05) is 36.0 Å². The van der Waals surface area contributed by atoms with Crippen LogP contribution in [0.25, 0.3) is 10.9 Å². The highest BCUT2D eigenvalue weighted by molar-refractivity contribution is 9.10. The van der Waals surface area contributed by atoms with Gasteiger partial charge in [-0.05, 0) is 53.9 Å². The summed E-state index contributed by atoms with van der Waals surface area (Å²) in [6.07, 6.45) is 3.49. The van der Waals surface area contributed by atoms with Crippen molar-refractivity contribution in [3.63, 3.8) is 0 Å². The average Bonchev–Trinajstić information content (AvgIpc) is 2.77. The molecule has 8 heteroatoms. The third-order valence-corrected chi connectivity index (χ3v) is 6.63. The Morgan fingerprint density at radius 2 is 1.84 bits per heavy atom. The van der Waals surface area contributed by atoms with Gasteiger partial charge in [-0.25, -0.2) is 9.97 Å². The van der Waals surface area contributed by atoms with Crippen molar-refractivity contribution in [2.45, 2.75) is 25.9 Å². The highest BCUT2D eigenvalue weighted by atomic mass is 79.9. The molecule has 0 amide bonds. The molecule has 160 valence electrons. The van der Waals surface area contributed by atoms with E-state index in [-0.39, 0.29) is 17.8 Å². The van der Waals surface area contributed by atoms with Gasteiger partial charge in [-0.1, -0.05) is 18.2 Å². The summed E-state index contributed by atoms with van der Waals surface area (Å²) in [6, 6.07) is 12.3. The molecule has 7 nitrogen and oxygen atoms in total. The normalized spacial score (nSPS) is 17.6. The van der Waals surface area contributed by atoms with Crippen molar-refractivity contribution in [2.24, 2.45) is 5.92 Å². The quantitative estimate of drug-likeness (QED) is 0.547. The van der Waals surface area contributed by atoms with Gasteiger partial charge in [0, 0.05) is 24.4 Å². The van der Waals surface area contributed by atoms with E-state index in [0.29, 0.717) is 11.8 Å². The summed E-state index contributed by atoms with van der Waals surface area (Å²) in [5.74, 6) is 2.62. The van der Waals surface area contributed by atoms with E-state index < -0.39 is 0 Å². The highest BCUT2D eigenvalue weighted by Gasteiger charge is 2.31. The molecule has 2 saturated heterocycles. The van der Waals surface area contributed by atoms with E-state index in [1.165, 1.54) is 0 Å². The molecule has 31 heavy (non-hydrogen) atoms. The summed E-state index contributed by atoms with van der Waals surface area (Å²) in [5, 5.41) is 1.14. The molecular formula is C23H24BrN5O2. The molecule has 4 heterocycles. The number of fused-ring (bicyclic) bond motifs is 1. The van der Waals surface area contributed by atoms with Crippen LogP contribution in [0.1, 0.15) is 19.8 Å². The first kappa shape index (κ1) is 20.2. The van der Waals surface area contributed by atoms with Gasteiger partial charge < -0.3 is 14.5 Å². The largest absolute Gasteiger partial charge is 0.470 e. The second-order valence-electron chi connectivity index (χ2n) is 8.20. The zero-order valence-electron chi connectivity index (χ0n) is 17.4. The first-order valence-electron chi connectivity index (χ1n) is 10.6. The van der Waals surface area contributed by atoms with E-state index in [9.17, 15) is 4.79 Å². The number of Topliss-reactive ketones (excluding diaryl/α,β-unsaturated/α-hetero) is 1. The maximum atomic E-state index is 11.6. The Kier molecular flexibility index (Phi) is 5.48. The summed E-state index contributed by atoms with van der Waals surface area (Å²) in [6.45, 7) is 4.78. The third kappa shape index (κ3) is 4.21. The smallest absolute Gasteiger partial charge is 0.233 e. The van der Waals surface area contributed by atoms with Crippen LogP contribution in [0.3, 0.4) is 0 Å². The first-order valence-corrected chi connectivity index (χ1v) is 11.4.